The number of aliphatic hydroxyl groups is 4. The van der Waals surface area contributed by atoms with Gasteiger partial charge in [-0.2, -0.15) is 20.4 Å². The maximum Gasteiger partial charge on any atom is 3.00 e. The number of nitrogens with one attached hydrogen (secondary N) is 4. The summed E-state index contributed by atoms with van der Waals surface area (Å²) in [5.41, 5.74) is 10.3. The Balaban J connectivity index is -0.000000139. The third-order valence-corrected chi connectivity index (χ3v) is 6.41. The van der Waals surface area contributed by atoms with E-state index in [0.29, 0.717) is 22.3 Å². The number of nitrogens with zero attached hydrogens (tertiary/aromatic N) is 4. The van der Waals surface area contributed by atoms with Gasteiger partial charge in [-0.25, -0.2) is 40.3 Å². The molecule has 12 N–H and O–H groups in total. The molecule has 0 spiro atoms. The Bertz CT molecular complexity index is 1810. The number of halogens is 2. The van der Waals surface area contributed by atoms with Crippen molar-refractivity contribution in [2.45, 2.75) is 25.7 Å². The van der Waals surface area contributed by atoms with Crippen LogP contribution in [0.25, 0.3) is 0 Å². The summed E-state index contributed by atoms with van der Waals surface area (Å²) >= 11 is 0. The second kappa shape index (κ2) is 52.2. The Hall–Kier alpha value is -6.14. The zero-order valence-electron chi connectivity index (χ0n) is 37.3. The molecule has 0 fully saturated rings. The van der Waals surface area contributed by atoms with Crippen LogP contribution in [0.1, 0.15) is 47.9 Å². The van der Waals surface area contributed by atoms with Crippen LogP contribution in [0.5, 0.6) is 23.0 Å². The average Bonchev–Trinajstić information content (AvgIpc) is 3.30. The Morgan fingerprint density at radius 1 is 0.414 bits per heavy atom. The van der Waals surface area contributed by atoms with Gasteiger partial charge in [0.15, 0.2) is 0 Å². The van der Waals surface area contributed by atoms with Crippen molar-refractivity contribution < 1.29 is 146 Å². The van der Waals surface area contributed by atoms with Gasteiger partial charge in [-0.15, -0.1) is 10.2 Å². The minimum Gasteiger partial charge on any atom is -1.00 e. The minimum atomic E-state index is -4.94. The van der Waals surface area contributed by atoms with E-state index in [1.807, 2.05) is 0 Å². The van der Waals surface area contributed by atoms with E-state index in [9.17, 15) is 39.6 Å². The van der Waals surface area contributed by atoms with Crippen LogP contribution in [-0.4, -0.2) is 108 Å². The molecule has 26 nitrogen and oxygen atoms in total. The van der Waals surface area contributed by atoms with Gasteiger partial charge < -0.3 is 64.2 Å². The number of benzene rings is 4. The van der Waals surface area contributed by atoms with Crippen LogP contribution >= 0.6 is 0 Å². The summed E-state index contributed by atoms with van der Waals surface area (Å²) in [7, 11) is -0.944. The fraction of sp³-hybridized carbons (Fsp3) is 0.200. The number of carbonyl (C=O) groups is 4. The Morgan fingerprint density at radius 2 is 0.557 bits per heavy atom. The molecule has 390 valence electrons. The van der Waals surface area contributed by atoms with Crippen LogP contribution in [-0.2, 0) is 53.3 Å². The van der Waals surface area contributed by atoms with E-state index >= 15 is 0 Å². The van der Waals surface area contributed by atoms with E-state index in [-0.39, 0.29) is 106 Å². The number of carbonyl (C=O) groups excluding carboxylic acids is 4. The molecule has 0 aliphatic rings. The van der Waals surface area contributed by atoms with Crippen LogP contribution in [0.15, 0.2) is 117 Å². The van der Waals surface area contributed by atoms with Gasteiger partial charge in [-0.3, -0.25) is 19.2 Å². The molecule has 4 aromatic carbocycles. The van der Waals surface area contributed by atoms with Gasteiger partial charge in [0.2, 0.25) is 23.6 Å². The second-order valence-corrected chi connectivity index (χ2v) is 11.5. The molecular formula is C40H52Cl2Fe2N8O18. The number of hydrazone groups is 4. The summed E-state index contributed by atoms with van der Waals surface area (Å²) in [5.74, 6) is -2.74. The Kier molecular flexibility index (Phi) is 60.3. The largest absolute Gasteiger partial charge is 3.00 e. The van der Waals surface area contributed by atoms with Crippen molar-refractivity contribution in [1.82, 2.24) is 21.7 Å². The molecule has 4 rings (SSSR count). The number of para-hydroxylation sites is 4. The third-order valence-electron chi connectivity index (χ3n) is 6.41. The molecular weight excluding hydrogens is 1060 g/mol. The summed E-state index contributed by atoms with van der Waals surface area (Å²) in [4.78, 5) is 46.4. The number of hydrogen-bond donors (Lipinski definition) is 8. The van der Waals surface area contributed by atoms with Crippen LogP contribution < -0.4 is 73.2 Å². The third kappa shape index (κ3) is 44.4. The van der Waals surface area contributed by atoms with Crippen molar-refractivity contribution in [2.24, 2.45) is 20.4 Å². The summed E-state index contributed by atoms with van der Waals surface area (Å²) in [6.07, 6.45) is 4.56. The predicted octanol–water partition coefficient (Wildman–Crippen LogP) is -10.5. The summed E-state index contributed by atoms with van der Waals surface area (Å²) in [5, 5.41) is 88.5. The van der Waals surface area contributed by atoms with Crippen molar-refractivity contribution in [3.63, 3.8) is 0 Å². The zero-order chi connectivity index (χ0) is 50.1. The predicted molar refractivity (Wildman–Crippen MR) is 225 cm³/mol. The molecule has 0 bridgehead atoms. The first-order valence-electron chi connectivity index (χ1n) is 17.8. The number of hydrogen-bond acceptors (Lipinski definition) is 20. The Morgan fingerprint density at radius 3 is 0.700 bits per heavy atom. The first kappa shape index (κ1) is 80.9. The topological polar surface area (TPSA) is 494 Å². The first-order valence-corrected chi connectivity index (χ1v) is 19.1. The quantitative estimate of drug-likeness (QED) is 0.0330. The molecule has 4 aromatic rings. The van der Waals surface area contributed by atoms with Gasteiger partial charge >= 0.3 is 34.1 Å². The van der Waals surface area contributed by atoms with Crippen LogP contribution in [0.4, 0.5) is 0 Å². The number of aliphatic hydroxyl groups excluding tert-OH is 4. The number of amides is 4. The molecule has 0 heterocycles. The summed E-state index contributed by atoms with van der Waals surface area (Å²) < 4.78 is 34.0. The van der Waals surface area contributed by atoms with Crippen LogP contribution in [0.3, 0.4) is 0 Å². The molecule has 2 radical (unpaired) electrons. The van der Waals surface area contributed by atoms with Gasteiger partial charge in [0.25, 0.3) is 0 Å². The molecule has 0 aromatic heterocycles. The second-order valence-electron chi connectivity index (χ2n) is 10.7. The molecule has 0 unspecified atom stereocenters. The van der Waals surface area contributed by atoms with E-state index in [4.69, 9.17) is 39.1 Å². The van der Waals surface area contributed by atoms with Gasteiger partial charge in [-0.05, 0) is 22.3 Å². The fourth-order valence-electron chi connectivity index (χ4n) is 3.72. The van der Waals surface area contributed by atoms with E-state index in [2.05, 4.69) is 42.1 Å². The van der Waals surface area contributed by atoms with Gasteiger partial charge in [0.05, 0.1) is 24.9 Å². The van der Waals surface area contributed by atoms with Gasteiger partial charge in [0.1, 0.15) is 0 Å². The van der Waals surface area contributed by atoms with Crippen molar-refractivity contribution in [1.29, 1.82) is 0 Å². The van der Waals surface area contributed by atoms with Crippen LogP contribution in [0, 0.1) is 10.2 Å². The molecule has 0 saturated carbocycles. The van der Waals surface area contributed by atoms with E-state index in [1.165, 1.54) is 49.1 Å². The monoisotopic (exact) mass is 1110 g/mol. The van der Waals surface area contributed by atoms with Crippen molar-refractivity contribution in [3.05, 3.63) is 119 Å². The summed E-state index contributed by atoms with van der Waals surface area (Å²) in [6.45, 7) is 0. The van der Waals surface area contributed by atoms with Crippen molar-refractivity contribution >= 4 is 48.5 Å². The maximum atomic E-state index is 11.6. The molecule has 0 aliphatic heterocycles. The van der Waals surface area contributed by atoms with Crippen LogP contribution in [0.2, 0.25) is 0 Å². The Labute approximate surface area is 431 Å². The molecule has 0 aliphatic carbocycles. The van der Waals surface area contributed by atoms with E-state index in [1.54, 1.807) is 72.8 Å². The van der Waals surface area contributed by atoms with Crippen molar-refractivity contribution in [2.75, 3.05) is 28.4 Å². The van der Waals surface area contributed by atoms with E-state index in [0.717, 1.165) is 28.4 Å². The van der Waals surface area contributed by atoms with Gasteiger partial charge in [0, 0.05) is 54.1 Å². The minimum absolute atomic E-state index is 0. The van der Waals surface area contributed by atoms with E-state index < -0.39 is 33.9 Å². The first-order chi connectivity index (χ1) is 31.1. The van der Waals surface area contributed by atoms with Gasteiger partial charge in [-0.1, -0.05) is 120 Å². The SMILES string of the molecule is CO.CO.CO.CO.O.O.O=C(CCC(=O)N/N=C/c1ccccc1[O-])N/N=C/c1ccccc1[O-].O=C(CCC(=O)N/N=C/c1ccccc1[O-])N/N=C/c1ccccc1[O-].[Cl-].[Fe+3].[Fe+3].[O-][Cl+3]([O-])([O-])[O-]. The van der Waals surface area contributed by atoms with Crippen molar-refractivity contribution in [3.8, 4) is 23.0 Å². The molecule has 30 heteroatoms. The average molecular weight is 1120 g/mol. The normalized spacial score (nSPS) is 9.31. The molecule has 70 heavy (non-hydrogen) atoms. The molecule has 0 atom stereocenters. The zero-order valence-corrected chi connectivity index (χ0v) is 41.0. The maximum absolute atomic E-state index is 11.6. The molecule has 0 saturated heterocycles. The molecule has 4 amide bonds. The number of rotatable bonds is 14. The smallest absolute Gasteiger partial charge is 1.00 e. The summed E-state index contributed by atoms with van der Waals surface area (Å²) in [6, 6.07) is 25.0. The fourth-order valence-corrected chi connectivity index (χ4v) is 3.72. The standard InChI is InChI=1S/2C18H18N4O4.4CH4O.ClHO4.ClH.2Fe.2H2O/c2*23-15-7-3-1-5-13(15)11-19-21-17(25)9-10-18(26)22-20-12-14-6-2-4-8-16(14)24;4*1-2;2-1(3,4)5;;;;;/h2*1-8,11-12,23-24H,9-10H2,(H,21,25)(H,22,26);4*2H,1H3;(H,2,3,4,5);1H;;;2*1H2/q;;;;;;;;2*+3;;/p-6/b2*19-11+,20-12+;;;;;;;;;;.